The molecule has 0 radical (unpaired) electrons. The number of carbonyl (C=O) groups excluding carboxylic acids is 3. The van der Waals surface area contributed by atoms with Gasteiger partial charge in [0.1, 0.15) is 5.69 Å². The van der Waals surface area contributed by atoms with Crippen LogP contribution in [0.25, 0.3) is 0 Å². The summed E-state index contributed by atoms with van der Waals surface area (Å²) in [5, 5.41) is 5.39. The van der Waals surface area contributed by atoms with Crippen LogP contribution in [0.1, 0.15) is 44.5 Å². The van der Waals surface area contributed by atoms with Crippen LogP contribution < -0.4 is 10.6 Å². The van der Waals surface area contributed by atoms with E-state index in [-0.39, 0.29) is 11.6 Å². The fourth-order valence-corrected chi connectivity index (χ4v) is 2.07. The van der Waals surface area contributed by atoms with Crippen molar-refractivity contribution in [2.24, 2.45) is 0 Å². The number of pyridine rings is 1. The van der Waals surface area contributed by atoms with E-state index in [4.69, 9.17) is 0 Å². The number of nitrogens with zero attached hydrogens (tertiary/aromatic N) is 1. The topological polar surface area (TPSA) is 97.4 Å². The third-order valence-electron chi connectivity index (χ3n) is 3.33. The minimum Gasteiger partial charge on any atom is -0.465 e. The van der Waals surface area contributed by atoms with Crippen molar-refractivity contribution in [3.05, 3.63) is 59.4 Å². The minimum absolute atomic E-state index is 0.171. The predicted octanol–water partition coefficient (Wildman–Crippen LogP) is 2.26. The molecule has 0 aliphatic rings. The van der Waals surface area contributed by atoms with E-state index in [1.165, 1.54) is 31.5 Å². The molecule has 1 heterocycles. The van der Waals surface area contributed by atoms with Gasteiger partial charge in [-0.05, 0) is 36.8 Å². The number of esters is 1. The highest BCUT2D eigenvalue weighted by Crippen LogP contribution is 2.13. The molecule has 2 amide bonds. The van der Waals surface area contributed by atoms with Crippen molar-refractivity contribution in [2.75, 3.05) is 19.0 Å². The highest BCUT2D eigenvalue weighted by atomic mass is 16.5. The number of nitrogens with one attached hydrogen (secondary N) is 2. The Morgan fingerprint density at radius 3 is 2.60 bits per heavy atom. The smallest absolute Gasteiger partial charge is 0.337 e. The average Bonchev–Trinajstić information content (AvgIpc) is 2.65. The predicted molar refractivity (Wildman–Crippen MR) is 92.6 cm³/mol. The van der Waals surface area contributed by atoms with Crippen LogP contribution in [0.3, 0.4) is 0 Å². The Bertz CT molecular complexity index is 789. The highest BCUT2D eigenvalue weighted by Gasteiger charge is 2.13. The number of rotatable bonds is 6. The number of methoxy groups -OCH3 is 1. The summed E-state index contributed by atoms with van der Waals surface area (Å²) in [6.45, 7) is 2.48. The van der Waals surface area contributed by atoms with Crippen LogP contribution >= 0.6 is 0 Å². The second kappa shape index (κ2) is 8.58. The van der Waals surface area contributed by atoms with E-state index in [2.05, 4.69) is 20.4 Å². The Labute approximate surface area is 145 Å². The molecule has 130 valence electrons. The van der Waals surface area contributed by atoms with Crippen molar-refractivity contribution in [1.29, 1.82) is 0 Å². The van der Waals surface area contributed by atoms with Gasteiger partial charge in [0, 0.05) is 24.0 Å². The van der Waals surface area contributed by atoms with Gasteiger partial charge in [0.25, 0.3) is 11.8 Å². The third kappa shape index (κ3) is 4.87. The monoisotopic (exact) mass is 341 g/mol. The molecule has 0 saturated carbocycles. The van der Waals surface area contributed by atoms with Gasteiger partial charge in [-0.15, -0.1) is 0 Å². The number of carbonyl (C=O) groups is 3. The SMILES string of the molecule is CCCNC(=O)c1cc(C(=O)Nc2cccc(C(=O)OC)c2)ccn1. The van der Waals surface area contributed by atoms with Crippen LogP contribution in [0.15, 0.2) is 42.6 Å². The summed E-state index contributed by atoms with van der Waals surface area (Å²) in [6.07, 6.45) is 2.21. The fourth-order valence-electron chi connectivity index (χ4n) is 2.07. The van der Waals surface area contributed by atoms with Gasteiger partial charge in [0.15, 0.2) is 0 Å². The summed E-state index contributed by atoms with van der Waals surface area (Å²) in [5.41, 5.74) is 1.24. The van der Waals surface area contributed by atoms with Crippen molar-refractivity contribution in [2.45, 2.75) is 13.3 Å². The molecule has 0 unspecified atom stereocenters. The van der Waals surface area contributed by atoms with Gasteiger partial charge in [0.05, 0.1) is 12.7 Å². The molecular formula is C18H19N3O4. The first-order chi connectivity index (χ1) is 12.0. The zero-order chi connectivity index (χ0) is 18.2. The second-order valence-electron chi connectivity index (χ2n) is 5.21. The molecule has 0 aliphatic carbocycles. The van der Waals surface area contributed by atoms with E-state index in [0.717, 1.165) is 6.42 Å². The van der Waals surface area contributed by atoms with Gasteiger partial charge in [-0.25, -0.2) is 4.79 Å². The van der Waals surface area contributed by atoms with Crippen LogP contribution in [-0.4, -0.2) is 36.4 Å². The van der Waals surface area contributed by atoms with Crippen molar-refractivity contribution >= 4 is 23.5 Å². The Hall–Kier alpha value is -3.22. The molecule has 25 heavy (non-hydrogen) atoms. The summed E-state index contributed by atoms with van der Waals surface area (Å²) in [6, 6.07) is 9.32. The fraction of sp³-hybridized carbons (Fsp3) is 0.222. The maximum Gasteiger partial charge on any atom is 0.337 e. The third-order valence-corrected chi connectivity index (χ3v) is 3.33. The number of ether oxygens (including phenoxy) is 1. The lowest BCUT2D eigenvalue weighted by Crippen LogP contribution is -2.25. The van der Waals surface area contributed by atoms with E-state index in [1.54, 1.807) is 18.2 Å². The van der Waals surface area contributed by atoms with Gasteiger partial charge in [-0.3, -0.25) is 14.6 Å². The zero-order valence-electron chi connectivity index (χ0n) is 14.0. The van der Waals surface area contributed by atoms with E-state index >= 15 is 0 Å². The standard InChI is InChI=1S/C18H19N3O4/c1-3-8-20-17(23)15-11-12(7-9-19-15)16(22)21-14-6-4-5-13(10-14)18(24)25-2/h4-7,9-11H,3,8H2,1-2H3,(H,20,23)(H,21,22). The molecule has 2 rings (SSSR count). The molecule has 2 N–H and O–H groups in total. The van der Waals surface area contributed by atoms with Gasteiger partial charge < -0.3 is 15.4 Å². The molecule has 0 spiro atoms. The lowest BCUT2D eigenvalue weighted by atomic mass is 10.1. The van der Waals surface area contributed by atoms with Crippen molar-refractivity contribution in [1.82, 2.24) is 10.3 Å². The normalized spacial score (nSPS) is 10.0. The molecule has 1 aromatic heterocycles. The Morgan fingerprint density at radius 2 is 1.88 bits per heavy atom. The first-order valence-corrected chi connectivity index (χ1v) is 7.79. The number of amides is 2. The highest BCUT2D eigenvalue weighted by molar-refractivity contribution is 6.06. The summed E-state index contributed by atoms with van der Waals surface area (Å²) >= 11 is 0. The Kier molecular flexibility index (Phi) is 6.22. The van der Waals surface area contributed by atoms with Crippen LogP contribution in [-0.2, 0) is 4.74 Å². The average molecular weight is 341 g/mol. The molecule has 0 saturated heterocycles. The van der Waals surface area contributed by atoms with Gasteiger partial charge in [-0.1, -0.05) is 13.0 Å². The number of benzene rings is 1. The summed E-state index contributed by atoms with van der Waals surface area (Å²) in [7, 11) is 1.29. The van der Waals surface area contributed by atoms with Crippen LogP contribution in [0.5, 0.6) is 0 Å². The second-order valence-corrected chi connectivity index (χ2v) is 5.21. The number of hydrogen-bond donors (Lipinski definition) is 2. The number of hydrogen-bond acceptors (Lipinski definition) is 5. The largest absolute Gasteiger partial charge is 0.465 e. The maximum absolute atomic E-state index is 12.4. The molecule has 7 nitrogen and oxygen atoms in total. The molecule has 7 heteroatoms. The number of aromatic nitrogens is 1. The molecule has 0 bridgehead atoms. The zero-order valence-corrected chi connectivity index (χ0v) is 14.0. The van der Waals surface area contributed by atoms with E-state index in [0.29, 0.717) is 23.4 Å². The van der Waals surface area contributed by atoms with Gasteiger partial charge in [0.2, 0.25) is 0 Å². The van der Waals surface area contributed by atoms with Crippen LogP contribution in [0, 0.1) is 0 Å². The lowest BCUT2D eigenvalue weighted by molar-refractivity contribution is 0.0600. The van der Waals surface area contributed by atoms with E-state index in [9.17, 15) is 14.4 Å². The van der Waals surface area contributed by atoms with Crippen molar-refractivity contribution in [3.8, 4) is 0 Å². The Balaban J connectivity index is 2.13. The van der Waals surface area contributed by atoms with Crippen LogP contribution in [0.4, 0.5) is 5.69 Å². The van der Waals surface area contributed by atoms with Crippen molar-refractivity contribution in [3.63, 3.8) is 0 Å². The maximum atomic E-state index is 12.4. The lowest BCUT2D eigenvalue weighted by Gasteiger charge is -2.08. The molecule has 0 atom stereocenters. The van der Waals surface area contributed by atoms with Crippen molar-refractivity contribution < 1.29 is 19.1 Å². The Morgan fingerprint density at radius 1 is 1.08 bits per heavy atom. The molecule has 0 aliphatic heterocycles. The van der Waals surface area contributed by atoms with Gasteiger partial charge >= 0.3 is 5.97 Å². The quantitative estimate of drug-likeness (QED) is 0.786. The van der Waals surface area contributed by atoms with E-state index in [1.807, 2.05) is 6.92 Å². The number of anilines is 1. The van der Waals surface area contributed by atoms with Crippen LogP contribution in [0.2, 0.25) is 0 Å². The summed E-state index contributed by atoms with van der Waals surface area (Å²) in [4.78, 5) is 39.8. The first kappa shape index (κ1) is 18.1. The van der Waals surface area contributed by atoms with Gasteiger partial charge in [-0.2, -0.15) is 0 Å². The molecule has 1 aromatic carbocycles. The molecular weight excluding hydrogens is 322 g/mol. The minimum atomic E-state index is -0.491. The van der Waals surface area contributed by atoms with E-state index < -0.39 is 11.9 Å². The molecule has 2 aromatic rings. The summed E-state index contributed by atoms with van der Waals surface area (Å²) < 4.78 is 4.65. The summed E-state index contributed by atoms with van der Waals surface area (Å²) in [5.74, 6) is -1.23. The first-order valence-electron chi connectivity index (χ1n) is 7.79. The molecule has 0 fully saturated rings.